The average molecular weight is 293 g/mol. The highest BCUT2D eigenvalue weighted by Crippen LogP contribution is 2.37. The lowest BCUT2D eigenvalue weighted by Gasteiger charge is -2.06. The van der Waals surface area contributed by atoms with Crippen molar-refractivity contribution in [3.8, 4) is 11.5 Å². The van der Waals surface area contributed by atoms with E-state index in [1.807, 2.05) is 6.92 Å². The van der Waals surface area contributed by atoms with Gasteiger partial charge in [-0.25, -0.2) is 0 Å². The summed E-state index contributed by atoms with van der Waals surface area (Å²) in [6, 6.07) is 2.55. The monoisotopic (exact) mass is 293 g/mol. The Hall–Kier alpha value is -2.37. The number of phenols is 1. The molecule has 0 unspecified atom stereocenters. The molecule has 0 heterocycles. The number of unbranched alkanes of at least 4 members (excludes halogenated alkanes) is 2. The van der Waals surface area contributed by atoms with E-state index in [1.165, 1.54) is 31.4 Å². The Morgan fingerprint density at radius 3 is 2.71 bits per heavy atom. The summed E-state index contributed by atoms with van der Waals surface area (Å²) >= 11 is 0. The fraction of sp³-hybridized carbons (Fsp3) is 0.400. The Morgan fingerprint density at radius 2 is 2.14 bits per heavy atom. The summed E-state index contributed by atoms with van der Waals surface area (Å²) in [6.45, 7) is 2.04. The van der Waals surface area contributed by atoms with Gasteiger partial charge in [-0.15, -0.1) is 0 Å². The molecule has 0 saturated carbocycles. The zero-order chi connectivity index (χ0) is 15.8. The Kier molecular flexibility index (Phi) is 6.39. The van der Waals surface area contributed by atoms with Crippen LogP contribution in [0.25, 0.3) is 6.08 Å². The van der Waals surface area contributed by atoms with E-state index in [0.29, 0.717) is 6.42 Å². The van der Waals surface area contributed by atoms with Gasteiger partial charge < -0.3 is 9.84 Å². The number of nitro benzene ring substituents is 1. The quantitative estimate of drug-likeness (QED) is 0.343. The summed E-state index contributed by atoms with van der Waals surface area (Å²) in [5, 5.41) is 20.9. The lowest BCUT2D eigenvalue weighted by molar-refractivity contribution is -0.385. The SMILES string of the molecule is CCCCCC(=O)/C=C/c1c([N+](=O)[O-])ccc(OC)c1O. The number of allylic oxidation sites excluding steroid dienone is 1. The summed E-state index contributed by atoms with van der Waals surface area (Å²) in [5.74, 6) is -0.344. The number of carbonyl (C=O) groups is 1. The maximum atomic E-state index is 11.7. The van der Waals surface area contributed by atoms with Gasteiger partial charge in [0, 0.05) is 12.5 Å². The summed E-state index contributed by atoms with van der Waals surface area (Å²) in [4.78, 5) is 22.0. The van der Waals surface area contributed by atoms with Crippen LogP contribution in [-0.4, -0.2) is 22.9 Å². The molecule has 0 fully saturated rings. The molecule has 0 aliphatic heterocycles. The predicted molar refractivity (Wildman–Crippen MR) is 79.5 cm³/mol. The van der Waals surface area contributed by atoms with Crippen molar-refractivity contribution in [3.05, 3.63) is 33.9 Å². The van der Waals surface area contributed by atoms with E-state index in [0.717, 1.165) is 19.3 Å². The van der Waals surface area contributed by atoms with Gasteiger partial charge >= 0.3 is 0 Å². The van der Waals surface area contributed by atoms with Crippen LogP contribution >= 0.6 is 0 Å². The van der Waals surface area contributed by atoms with Crippen LogP contribution in [0.15, 0.2) is 18.2 Å². The molecule has 0 amide bonds. The largest absolute Gasteiger partial charge is 0.504 e. The Balaban J connectivity index is 2.99. The van der Waals surface area contributed by atoms with Crippen molar-refractivity contribution in [2.45, 2.75) is 32.6 Å². The number of aromatic hydroxyl groups is 1. The van der Waals surface area contributed by atoms with E-state index >= 15 is 0 Å². The number of ether oxygens (including phenoxy) is 1. The maximum absolute atomic E-state index is 11.7. The van der Waals surface area contributed by atoms with Crippen molar-refractivity contribution in [1.29, 1.82) is 0 Å². The molecule has 114 valence electrons. The van der Waals surface area contributed by atoms with Crippen LogP contribution in [0, 0.1) is 10.1 Å². The number of methoxy groups -OCH3 is 1. The van der Waals surface area contributed by atoms with Crippen LogP contribution in [0.4, 0.5) is 5.69 Å². The molecule has 0 saturated heterocycles. The van der Waals surface area contributed by atoms with Crippen molar-refractivity contribution in [1.82, 2.24) is 0 Å². The molecule has 0 aliphatic carbocycles. The van der Waals surface area contributed by atoms with E-state index < -0.39 is 4.92 Å². The molecule has 0 bridgehead atoms. The third-order valence-corrected chi connectivity index (χ3v) is 3.04. The third-order valence-electron chi connectivity index (χ3n) is 3.04. The number of nitrogens with zero attached hydrogens (tertiary/aromatic N) is 1. The zero-order valence-electron chi connectivity index (χ0n) is 12.2. The number of hydrogen-bond acceptors (Lipinski definition) is 5. The second kappa shape index (κ2) is 8.04. The van der Waals surface area contributed by atoms with Gasteiger partial charge in [-0.1, -0.05) is 19.8 Å². The Labute approximate surface area is 123 Å². The molecule has 1 aromatic rings. The van der Waals surface area contributed by atoms with Gasteiger partial charge in [-0.2, -0.15) is 0 Å². The van der Waals surface area contributed by atoms with Gasteiger partial charge in [-0.05, 0) is 24.6 Å². The molecular formula is C15H19NO5. The first-order chi connectivity index (χ1) is 10.0. The van der Waals surface area contributed by atoms with Crippen LogP contribution in [0.5, 0.6) is 11.5 Å². The Bertz CT molecular complexity index is 551. The number of carbonyl (C=O) groups excluding carboxylic acids is 1. The molecule has 1 aromatic carbocycles. The molecule has 6 nitrogen and oxygen atoms in total. The lowest BCUT2D eigenvalue weighted by Crippen LogP contribution is -1.96. The summed E-state index contributed by atoms with van der Waals surface area (Å²) < 4.78 is 4.92. The Morgan fingerprint density at radius 1 is 1.43 bits per heavy atom. The van der Waals surface area contributed by atoms with Gasteiger partial charge in [-0.3, -0.25) is 14.9 Å². The summed E-state index contributed by atoms with van der Waals surface area (Å²) in [7, 11) is 1.35. The predicted octanol–water partition coefficient (Wildman–Crippen LogP) is 3.47. The van der Waals surface area contributed by atoms with Crippen molar-refractivity contribution in [2.75, 3.05) is 7.11 Å². The fourth-order valence-electron chi connectivity index (χ4n) is 1.87. The fourth-order valence-corrected chi connectivity index (χ4v) is 1.87. The maximum Gasteiger partial charge on any atom is 0.280 e. The standard InChI is InChI=1S/C15H19NO5/c1-3-4-5-6-11(17)7-8-12-13(16(19)20)9-10-14(21-2)15(12)18/h7-10,18H,3-6H2,1-2H3/b8-7+. The minimum atomic E-state index is -0.611. The molecule has 0 spiro atoms. The number of phenolic OH excluding ortho intramolecular Hbond substituents is 1. The van der Waals surface area contributed by atoms with Crippen LogP contribution in [-0.2, 0) is 4.79 Å². The van der Waals surface area contributed by atoms with E-state index in [2.05, 4.69) is 0 Å². The average Bonchev–Trinajstić information content (AvgIpc) is 2.45. The molecule has 21 heavy (non-hydrogen) atoms. The van der Waals surface area contributed by atoms with Crippen LogP contribution in [0.1, 0.15) is 38.2 Å². The van der Waals surface area contributed by atoms with Gasteiger partial charge in [0.1, 0.15) is 0 Å². The van der Waals surface area contributed by atoms with Crippen molar-refractivity contribution >= 4 is 17.5 Å². The second-order valence-corrected chi connectivity index (χ2v) is 4.56. The molecule has 6 heteroatoms. The highest BCUT2D eigenvalue weighted by atomic mass is 16.6. The van der Waals surface area contributed by atoms with E-state index in [9.17, 15) is 20.0 Å². The van der Waals surface area contributed by atoms with Crippen LogP contribution < -0.4 is 4.74 Å². The topological polar surface area (TPSA) is 89.7 Å². The van der Waals surface area contributed by atoms with Crippen molar-refractivity contribution in [3.63, 3.8) is 0 Å². The molecular weight excluding hydrogens is 274 g/mol. The van der Waals surface area contributed by atoms with Gasteiger partial charge in [0.15, 0.2) is 17.3 Å². The molecule has 0 atom stereocenters. The summed E-state index contributed by atoms with van der Waals surface area (Å²) in [6.07, 6.45) is 5.68. The van der Waals surface area contributed by atoms with E-state index in [4.69, 9.17) is 4.74 Å². The number of rotatable bonds is 8. The number of hydrogen-bond donors (Lipinski definition) is 1. The lowest BCUT2D eigenvalue weighted by atomic mass is 10.1. The number of ketones is 1. The normalized spacial score (nSPS) is 10.8. The van der Waals surface area contributed by atoms with Crippen molar-refractivity contribution < 1.29 is 19.6 Å². The molecule has 0 aliphatic rings. The number of nitro groups is 1. The van der Waals surface area contributed by atoms with Crippen LogP contribution in [0.3, 0.4) is 0 Å². The van der Waals surface area contributed by atoms with Gasteiger partial charge in [0.2, 0.25) is 0 Å². The van der Waals surface area contributed by atoms with E-state index in [1.54, 1.807) is 0 Å². The molecule has 1 rings (SSSR count). The third kappa shape index (κ3) is 4.59. The van der Waals surface area contributed by atoms with Crippen LogP contribution in [0.2, 0.25) is 0 Å². The van der Waals surface area contributed by atoms with E-state index in [-0.39, 0.29) is 28.5 Å². The highest BCUT2D eigenvalue weighted by molar-refractivity contribution is 5.94. The van der Waals surface area contributed by atoms with Crippen molar-refractivity contribution in [2.24, 2.45) is 0 Å². The number of benzene rings is 1. The highest BCUT2D eigenvalue weighted by Gasteiger charge is 2.19. The first-order valence-electron chi connectivity index (χ1n) is 6.76. The minimum Gasteiger partial charge on any atom is -0.504 e. The zero-order valence-corrected chi connectivity index (χ0v) is 12.2. The summed E-state index contributed by atoms with van der Waals surface area (Å²) in [5.41, 5.74) is -0.297. The second-order valence-electron chi connectivity index (χ2n) is 4.56. The molecule has 1 N–H and O–H groups in total. The minimum absolute atomic E-state index is 0.0248. The van der Waals surface area contributed by atoms with Gasteiger partial charge in [0.05, 0.1) is 17.6 Å². The van der Waals surface area contributed by atoms with Gasteiger partial charge in [0.25, 0.3) is 5.69 Å². The molecule has 0 aromatic heterocycles. The molecule has 0 radical (unpaired) electrons. The smallest absolute Gasteiger partial charge is 0.280 e. The first-order valence-corrected chi connectivity index (χ1v) is 6.76. The first kappa shape index (κ1) is 16.7.